The van der Waals surface area contributed by atoms with Gasteiger partial charge in [-0.05, 0) is 20.3 Å². The maximum Gasteiger partial charge on any atom is 0.502 e. The van der Waals surface area contributed by atoms with Gasteiger partial charge in [0.05, 0.1) is 18.3 Å². The molecule has 2 aliphatic heterocycles. The predicted molar refractivity (Wildman–Crippen MR) is 59.8 cm³/mol. The molecule has 5 nitrogen and oxygen atoms in total. The Kier molecular flexibility index (Phi) is 3.34. The summed E-state index contributed by atoms with van der Waals surface area (Å²) in [7, 11) is -2.38. The Labute approximate surface area is 96.8 Å². The SMILES string of the molecule is CC(=O)NCCC[Si]12OC(C)C(O1)C(C)O2. The Hall–Kier alpha value is -0.433. The number of rotatable bonds is 4. The van der Waals surface area contributed by atoms with Gasteiger partial charge in [0.1, 0.15) is 0 Å². The Morgan fingerprint density at radius 3 is 2.38 bits per heavy atom. The summed E-state index contributed by atoms with van der Waals surface area (Å²) in [5, 5.41) is 2.76. The quantitative estimate of drug-likeness (QED) is 0.584. The first-order chi connectivity index (χ1) is 7.52. The first kappa shape index (κ1) is 12.0. The van der Waals surface area contributed by atoms with Crippen molar-refractivity contribution in [3.63, 3.8) is 0 Å². The van der Waals surface area contributed by atoms with E-state index in [9.17, 15) is 4.79 Å². The van der Waals surface area contributed by atoms with E-state index in [1.807, 2.05) is 13.8 Å². The van der Waals surface area contributed by atoms with E-state index in [4.69, 9.17) is 13.3 Å². The summed E-state index contributed by atoms with van der Waals surface area (Å²) in [5.41, 5.74) is 0. The molecule has 2 fully saturated rings. The lowest BCUT2D eigenvalue weighted by molar-refractivity contribution is -0.118. The number of fused-ring (bicyclic) bond motifs is 2. The molecule has 0 radical (unpaired) electrons. The second kappa shape index (κ2) is 4.44. The standard InChI is InChI=1S/C10H19NO4Si/c1-7-10-8(2)14-16(13-7,15-10)6-4-5-11-9(3)12/h7-8,10H,4-6H2,1-3H3,(H,11,12). The number of hydrogen-bond acceptors (Lipinski definition) is 4. The van der Waals surface area contributed by atoms with Crippen molar-refractivity contribution < 1.29 is 18.1 Å². The second-order valence-electron chi connectivity index (χ2n) is 4.50. The molecular formula is C10H19NO4Si. The fourth-order valence-electron chi connectivity index (χ4n) is 2.31. The Morgan fingerprint density at radius 1 is 1.25 bits per heavy atom. The van der Waals surface area contributed by atoms with Crippen LogP contribution >= 0.6 is 0 Å². The van der Waals surface area contributed by atoms with Crippen LogP contribution in [0.4, 0.5) is 0 Å². The topological polar surface area (TPSA) is 56.8 Å². The fraction of sp³-hybridized carbons (Fsp3) is 0.900. The van der Waals surface area contributed by atoms with Gasteiger partial charge in [-0.3, -0.25) is 4.79 Å². The second-order valence-corrected chi connectivity index (χ2v) is 7.07. The van der Waals surface area contributed by atoms with Crippen LogP contribution in [0.1, 0.15) is 27.2 Å². The molecule has 0 saturated carbocycles. The molecule has 16 heavy (non-hydrogen) atoms. The van der Waals surface area contributed by atoms with Crippen LogP contribution in [-0.2, 0) is 18.1 Å². The van der Waals surface area contributed by atoms with Gasteiger partial charge in [-0.1, -0.05) is 0 Å². The Bertz CT molecular complexity index is 274. The molecule has 92 valence electrons. The monoisotopic (exact) mass is 245 g/mol. The molecule has 0 aromatic heterocycles. The van der Waals surface area contributed by atoms with Crippen molar-refractivity contribution in [3.05, 3.63) is 0 Å². The lowest BCUT2D eigenvalue weighted by Gasteiger charge is -2.26. The summed E-state index contributed by atoms with van der Waals surface area (Å²) in [6, 6.07) is 0.790. The lowest BCUT2D eigenvalue weighted by atomic mass is 10.1. The van der Waals surface area contributed by atoms with Crippen LogP contribution in [0.15, 0.2) is 0 Å². The summed E-state index contributed by atoms with van der Waals surface area (Å²) >= 11 is 0. The van der Waals surface area contributed by atoms with E-state index in [-0.39, 0.29) is 24.2 Å². The van der Waals surface area contributed by atoms with Crippen molar-refractivity contribution in [1.82, 2.24) is 5.32 Å². The van der Waals surface area contributed by atoms with Crippen molar-refractivity contribution in [2.24, 2.45) is 0 Å². The minimum absolute atomic E-state index is 0.000576. The number of carbonyl (C=O) groups is 1. The van der Waals surface area contributed by atoms with Crippen molar-refractivity contribution in [3.8, 4) is 0 Å². The first-order valence-corrected chi connectivity index (χ1v) is 7.73. The van der Waals surface area contributed by atoms with Gasteiger partial charge >= 0.3 is 8.80 Å². The average Bonchev–Trinajstić information content (AvgIpc) is 2.66. The van der Waals surface area contributed by atoms with Gasteiger partial charge < -0.3 is 18.6 Å². The van der Waals surface area contributed by atoms with E-state index in [1.54, 1.807) is 0 Å². The van der Waals surface area contributed by atoms with Crippen molar-refractivity contribution in [1.29, 1.82) is 0 Å². The zero-order valence-corrected chi connectivity index (χ0v) is 11.0. The van der Waals surface area contributed by atoms with Gasteiger partial charge in [-0.2, -0.15) is 0 Å². The van der Waals surface area contributed by atoms with Crippen LogP contribution in [0.2, 0.25) is 6.04 Å². The molecule has 2 saturated heterocycles. The maximum atomic E-state index is 10.7. The third-order valence-electron chi connectivity index (χ3n) is 3.01. The summed E-state index contributed by atoms with van der Waals surface area (Å²) in [6.07, 6.45) is 1.25. The van der Waals surface area contributed by atoms with E-state index < -0.39 is 8.80 Å². The fourth-order valence-corrected chi connectivity index (χ4v) is 5.64. The van der Waals surface area contributed by atoms with Gasteiger partial charge in [0, 0.05) is 19.5 Å². The number of nitrogens with one attached hydrogen (secondary N) is 1. The van der Waals surface area contributed by atoms with Crippen molar-refractivity contribution in [2.75, 3.05) is 6.54 Å². The highest BCUT2D eigenvalue weighted by Crippen LogP contribution is 2.40. The third-order valence-corrected chi connectivity index (χ3v) is 6.06. The molecule has 2 bridgehead atoms. The summed E-state index contributed by atoms with van der Waals surface area (Å²) in [6.45, 7) is 6.25. The molecule has 2 aliphatic rings. The minimum Gasteiger partial charge on any atom is -0.368 e. The molecule has 0 aromatic rings. The van der Waals surface area contributed by atoms with Gasteiger partial charge in [-0.15, -0.1) is 0 Å². The molecule has 2 rings (SSSR count). The van der Waals surface area contributed by atoms with Crippen LogP contribution in [0.3, 0.4) is 0 Å². The summed E-state index contributed by atoms with van der Waals surface area (Å²) in [4.78, 5) is 10.7. The molecule has 2 unspecified atom stereocenters. The third kappa shape index (κ3) is 2.29. The molecule has 0 aliphatic carbocycles. The molecular weight excluding hydrogens is 226 g/mol. The van der Waals surface area contributed by atoms with E-state index in [2.05, 4.69) is 5.32 Å². The molecule has 0 spiro atoms. The maximum absolute atomic E-state index is 10.7. The van der Waals surface area contributed by atoms with Crippen molar-refractivity contribution >= 4 is 14.7 Å². The average molecular weight is 245 g/mol. The van der Waals surface area contributed by atoms with Crippen LogP contribution in [0.5, 0.6) is 0 Å². The minimum atomic E-state index is -2.38. The van der Waals surface area contributed by atoms with Gasteiger partial charge in [0.15, 0.2) is 0 Å². The van der Waals surface area contributed by atoms with Gasteiger partial charge in [0.2, 0.25) is 5.91 Å². The molecule has 0 aromatic carbocycles. The van der Waals surface area contributed by atoms with E-state index in [0.717, 1.165) is 12.5 Å². The molecule has 2 atom stereocenters. The van der Waals surface area contributed by atoms with Crippen molar-refractivity contribution in [2.45, 2.75) is 51.5 Å². The van der Waals surface area contributed by atoms with Crippen LogP contribution in [0.25, 0.3) is 0 Å². The first-order valence-electron chi connectivity index (χ1n) is 5.80. The van der Waals surface area contributed by atoms with E-state index >= 15 is 0 Å². The van der Waals surface area contributed by atoms with Gasteiger partial charge in [-0.25, -0.2) is 0 Å². The zero-order valence-electron chi connectivity index (χ0n) is 9.99. The number of amides is 1. The van der Waals surface area contributed by atoms with Crippen LogP contribution in [-0.4, -0.2) is 39.6 Å². The summed E-state index contributed by atoms with van der Waals surface area (Å²) in [5.74, 6) is -0.000576. The van der Waals surface area contributed by atoms with Crippen LogP contribution < -0.4 is 5.32 Å². The number of hydrogen-bond donors (Lipinski definition) is 1. The molecule has 6 heteroatoms. The molecule has 2 heterocycles. The largest absolute Gasteiger partial charge is 0.502 e. The highest BCUT2D eigenvalue weighted by atomic mass is 28.4. The predicted octanol–water partition coefficient (Wildman–Crippen LogP) is 0.674. The lowest BCUT2D eigenvalue weighted by Crippen LogP contribution is -2.44. The number of carbonyl (C=O) groups excluding carboxylic acids is 1. The van der Waals surface area contributed by atoms with E-state index in [0.29, 0.717) is 6.54 Å². The highest BCUT2D eigenvalue weighted by Gasteiger charge is 2.60. The zero-order chi connectivity index (χ0) is 11.8. The molecule has 1 amide bonds. The van der Waals surface area contributed by atoms with Gasteiger partial charge in [0.25, 0.3) is 0 Å². The van der Waals surface area contributed by atoms with E-state index in [1.165, 1.54) is 6.92 Å². The normalized spacial score (nSPS) is 41.3. The van der Waals surface area contributed by atoms with Crippen LogP contribution in [0, 0.1) is 0 Å². The smallest absolute Gasteiger partial charge is 0.368 e. The molecule has 1 N–H and O–H groups in total. The Morgan fingerprint density at radius 2 is 1.88 bits per heavy atom. The Balaban J connectivity index is 1.79. The summed E-state index contributed by atoms with van der Waals surface area (Å²) < 4.78 is 17.5. The highest BCUT2D eigenvalue weighted by molar-refractivity contribution is 6.62.